The van der Waals surface area contributed by atoms with Gasteiger partial charge in [-0.2, -0.15) is 0 Å². The fraction of sp³-hybridized carbons (Fsp3) is 0.647. The standard InChI is InChI=1S/C17H26FN/c1-3-19-17(15-8-4-6-13(2)10-15)12-14-7-5-9-16(18)11-14/h5,7,9,11,13,15,17,19H,3-4,6,8,10,12H2,1-2H3. The molecule has 0 aliphatic heterocycles. The first-order chi connectivity index (χ1) is 9.19. The summed E-state index contributed by atoms with van der Waals surface area (Å²) in [6, 6.07) is 7.55. The third-order valence-corrected chi connectivity index (χ3v) is 4.36. The van der Waals surface area contributed by atoms with Crippen LogP contribution in [0.25, 0.3) is 0 Å². The van der Waals surface area contributed by atoms with E-state index in [-0.39, 0.29) is 5.82 Å². The average molecular weight is 263 g/mol. The van der Waals surface area contributed by atoms with Gasteiger partial charge in [0.1, 0.15) is 5.82 Å². The van der Waals surface area contributed by atoms with E-state index in [0.717, 1.165) is 30.4 Å². The van der Waals surface area contributed by atoms with Crippen molar-refractivity contribution in [1.29, 1.82) is 0 Å². The third kappa shape index (κ3) is 4.31. The second-order valence-corrected chi connectivity index (χ2v) is 6.03. The van der Waals surface area contributed by atoms with E-state index in [1.807, 2.05) is 12.1 Å². The molecule has 0 spiro atoms. The molecule has 0 bridgehead atoms. The largest absolute Gasteiger partial charge is 0.314 e. The molecule has 2 rings (SSSR count). The summed E-state index contributed by atoms with van der Waals surface area (Å²) >= 11 is 0. The Hall–Kier alpha value is -0.890. The van der Waals surface area contributed by atoms with Crippen molar-refractivity contribution in [1.82, 2.24) is 5.32 Å². The summed E-state index contributed by atoms with van der Waals surface area (Å²) in [4.78, 5) is 0. The van der Waals surface area contributed by atoms with Crippen LogP contribution in [-0.4, -0.2) is 12.6 Å². The van der Waals surface area contributed by atoms with Crippen molar-refractivity contribution >= 4 is 0 Å². The molecular weight excluding hydrogens is 237 g/mol. The van der Waals surface area contributed by atoms with Crippen molar-refractivity contribution < 1.29 is 4.39 Å². The molecule has 1 aliphatic rings. The highest BCUT2D eigenvalue weighted by Crippen LogP contribution is 2.31. The van der Waals surface area contributed by atoms with Crippen molar-refractivity contribution in [3.05, 3.63) is 35.6 Å². The predicted octanol–water partition coefficient (Wildman–Crippen LogP) is 4.17. The van der Waals surface area contributed by atoms with Crippen molar-refractivity contribution in [2.45, 2.75) is 52.0 Å². The summed E-state index contributed by atoms with van der Waals surface area (Å²) in [7, 11) is 0. The lowest BCUT2D eigenvalue weighted by molar-refractivity contribution is 0.222. The van der Waals surface area contributed by atoms with Gasteiger partial charge in [-0.3, -0.25) is 0 Å². The van der Waals surface area contributed by atoms with Gasteiger partial charge in [-0.25, -0.2) is 4.39 Å². The highest BCUT2D eigenvalue weighted by atomic mass is 19.1. The first-order valence-electron chi connectivity index (χ1n) is 7.67. The summed E-state index contributed by atoms with van der Waals surface area (Å²) in [6.07, 6.45) is 6.29. The van der Waals surface area contributed by atoms with Crippen LogP contribution in [0.1, 0.15) is 45.1 Å². The average Bonchev–Trinajstić information content (AvgIpc) is 2.38. The molecule has 1 saturated carbocycles. The smallest absolute Gasteiger partial charge is 0.123 e. The summed E-state index contributed by atoms with van der Waals surface area (Å²) in [5.74, 6) is 1.46. The second kappa shape index (κ2) is 7.04. The first kappa shape index (κ1) is 14.5. The molecule has 1 aromatic carbocycles. The molecule has 1 aromatic rings. The van der Waals surface area contributed by atoms with Crippen LogP contribution < -0.4 is 5.32 Å². The van der Waals surface area contributed by atoms with E-state index in [9.17, 15) is 4.39 Å². The number of hydrogen-bond donors (Lipinski definition) is 1. The molecule has 0 saturated heterocycles. The SMILES string of the molecule is CCNC(Cc1cccc(F)c1)C1CCCC(C)C1. The molecule has 1 aliphatic carbocycles. The zero-order valence-corrected chi connectivity index (χ0v) is 12.2. The van der Waals surface area contributed by atoms with Gasteiger partial charge in [-0.1, -0.05) is 38.8 Å². The lowest BCUT2D eigenvalue weighted by atomic mass is 9.77. The highest BCUT2D eigenvalue weighted by molar-refractivity contribution is 5.17. The maximum Gasteiger partial charge on any atom is 0.123 e. The third-order valence-electron chi connectivity index (χ3n) is 4.36. The van der Waals surface area contributed by atoms with Crippen molar-refractivity contribution in [2.24, 2.45) is 11.8 Å². The Bertz CT molecular complexity index is 391. The van der Waals surface area contributed by atoms with Gasteiger partial charge in [0.25, 0.3) is 0 Å². The molecule has 19 heavy (non-hydrogen) atoms. The fourth-order valence-electron chi connectivity index (χ4n) is 3.43. The van der Waals surface area contributed by atoms with E-state index in [1.54, 1.807) is 6.07 Å². The Labute approximate surface area is 116 Å². The normalized spacial score (nSPS) is 25.2. The summed E-state index contributed by atoms with van der Waals surface area (Å²) in [6.45, 7) is 5.51. The summed E-state index contributed by atoms with van der Waals surface area (Å²) in [5.41, 5.74) is 1.11. The maximum absolute atomic E-state index is 13.3. The van der Waals surface area contributed by atoms with E-state index < -0.39 is 0 Å². The topological polar surface area (TPSA) is 12.0 Å². The van der Waals surface area contributed by atoms with Gasteiger partial charge >= 0.3 is 0 Å². The highest BCUT2D eigenvalue weighted by Gasteiger charge is 2.26. The number of benzene rings is 1. The lowest BCUT2D eigenvalue weighted by Crippen LogP contribution is -2.40. The van der Waals surface area contributed by atoms with Gasteiger partial charge in [0.15, 0.2) is 0 Å². The Kier molecular flexibility index (Phi) is 5.38. The molecule has 1 nitrogen and oxygen atoms in total. The van der Waals surface area contributed by atoms with E-state index >= 15 is 0 Å². The van der Waals surface area contributed by atoms with Crippen LogP contribution in [0.5, 0.6) is 0 Å². The minimum atomic E-state index is -0.121. The van der Waals surface area contributed by atoms with Crippen LogP contribution in [0.4, 0.5) is 4.39 Å². The number of halogens is 1. The number of hydrogen-bond acceptors (Lipinski definition) is 1. The lowest BCUT2D eigenvalue weighted by Gasteiger charge is -2.34. The molecule has 0 aromatic heterocycles. The molecule has 1 N–H and O–H groups in total. The maximum atomic E-state index is 13.3. The van der Waals surface area contributed by atoms with Gasteiger partial charge in [0.2, 0.25) is 0 Å². The molecule has 0 radical (unpaired) electrons. The first-order valence-corrected chi connectivity index (χ1v) is 7.67. The van der Waals surface area contributed by atoms with E-state index in [2.05, 4.69) is 19.2 Å². The molecule has 3 atom stereocenters. The van der Waals surface area contributed by atoms with Gasteiger partial charge in [0, 0.05) is 6.04 Å². The van der Waals surface area contributed by atoms with Crippen molar-refractivity contribution in [3.63, 3.8) is 0 Å². The molecule has 3 unspecified atom stereocenters. The van der Waals surface area contributed by atoms with Crippen LogP contribution in [0.3, 0.4) is 0 Å². The number of likely N-dealkylation sites (N-methyl/N-ethyl adjacent to an activating group) is 1. The molecule has 106 valence electrons. The zero-order chi connectivity index (χ0) is 13.7. The Morgan fingerprint density at radius 3 is 2.89 bits per heavy atom. The molecule has 0 heterocycles. The Morgan fingerprint density at radius 2 is 2.21 bits per heavy atom. The molecular formula is C17H26FN. The van der Waals surface area contributed by atoms with E-state index in [1.165, 1.54) is 31.7 Å². The summed E-state index contributed by atoms with van der Waals surface area (Å²) in [5, 5.41) is 3.62. The molecule has 2 heteroatoms. The monoisotopic (exact) mass is 263 g/mol. The van der Waals surface area contributed by atoms with E-state index in [0.29, 0.717) is 6.04 Å². The fourth-order valence-corrected chi connectivity index (χ4v) is 3.43. The Balaban J connectivity index is 2.02. The van der Waals surface area contributed by atoms with Crippen molar-refractivity contribution in [3.8, 4) is 0 Å². The van der Waals surface area contributed by atoms with Crippen LogP contribution in [0, 0.1) is 17.7 Å². The van der Waals surface area contributed by atoms with Crippen LogP contribution >= 0.6 is 0 Å². The van der Waals surface area contributed by atoms with Crippen LogP contribution in [0.2, 0.25) is 0 Å². The Morgan fingerprint density at radius 1 is 1.37 bits per heavy atom. The minimum Gasteiger partial charge on any atom is -0.314 e. The number of nitrogens with one attached hydrogen (secondary N) is 1. The van der Waals surface area contributed by atoms with Gasteiger partial charge in [-0.15, -0.1) is 0 Å². The van der Waals surface area contributed by atoms with Gasteiger partial charge < -0.3 is 5.32 Å². The van der Waals surface area contributed by atoms with Crippen LogP contribution in [-0.2, 0) is 6.42 Å². The van der Waals surface area contributed by atoms with E-state index in [4.69, 9.17) is 0 Å². The predicted molar refractivity (Wildman–Crippen MR) is 78.7 cm³/mol. The molecule has 1 fully saturated rings. The summed E-state index contributed by atoms with van der Waals surface area (Å²) < 4.78 is 13.3. The quantitative estimate of drug-likeness (QED) is 0.840. The zero-order valence-electron chi connectivity index (χ0n) is 12.2. The van der Waals surface area contributed by atoms with Gasteiger partial charge in [-0.05, 0) is 55.3 Å². The van der Waals surface area contributed by atoms with Crippen LogP contribution in [0.15, 0.2) is 24.3 Å². The molecule has 0 amide bonds. The minimum absolute atomic E-state index is 0.121. The van der Waals surface area contributed by atoms with Crippen molar-refractivity contribution in [2.75, 3.05) is 6.54 Å². The number of rotatable bonds is 5. The second-order valence-electron chi connectivity index (χ2n) is 6.03. The van der Waals surface area contributed by atoms with Gasteiger partial charge in [0.05, 0.1) is 0 Å².